The fraction of sp³-hybridized carbons (Fsp3) is 0.0833. The van der Waals surface area contributed by atoms with Crippen LogP contribution in [0.15, 0.2) is 83.1 Å². The van der Waals surface area contributed by atoms with E-state index in [1.165, 1.54) is 18.0 Å². The largest absolute Gasteiger partial charge is 0.507 e. The van der Waals surface area contributed by atoms with Crippen LogP contribution < -0.4 is 5.43 Å². The molecule has 1 heterocycles. The van der Waals surface area contributed by atoms with Gasteiger partial charge in [-0.15, -0.1) is 10.2 Å². The highest BCUT2D eigenvalue weighted by molar-refractivity contribution is 7.99. The average molecular weight is 478 g/mol. The van der Waals surface area contributed by atoms with Gasteiger partial charge in [0.2, 0.25) is 0 Å². The molecule has 1 amide bonds. The minimum absolute atomic E-state index is 0.0811. The van der Waals surface area contributed by atoms with Gasteiger partial charge < -0.3 is 5.11 Å². The number of phenols is 1. The van der Waals surface area contributed by atoms with E-state index in [0.717, 1.165) is 16.8 Å². The molecule has 0 bridgehead atoms. The van der Waals surface area contributed by atoms with E-state index in [4.69, 9.17) is 11.6 Å². The summed E-state index contributed by atoms with van der Waals surface area (Å²) in [5.74, 6) is 0.522. The molecule has 0 atom stereocenters. The summed E-state index contributed by atoms with van der Waals surface area (Å²) in [6.45, 7) is 2.02. The number of aromatic hydroxyl groups is 1. The van der Waals surface area contributed by atoms with Crippen LogP contribution in [0, 0.1) is 6.92 Å². The Hall–Kier alpha value is -3.62. The molecular formula is C24H20ClN5O2S. The van der Waals surface area contributed by atoms with Crippen molar-refractivity contribution in [1.29, 1.82) is 0 Å². The molecule has 0 spiro atoms. The molecule has 2 N–H and O–H groups in total. The van der Waals surface area contributed by atoms with Crippen molar-refractivity contribution in [3.8, 4) is 22.8 Å². The minimum Gasteiger partial charge on any atom is -0.507 e. The van der Waals surface area contributed by atoms with Gasteiger partial charge in [-0.1, -0.05) is 65.3 Å². The van der Waals surface area contributed by atoms with Crippen LogP contribution in [-0.2, 0) is 4.79 Å². The van der Waals surface area contributed by atoms with Gasteiger partial charge in [0.15, 0.2) is 11.0 Å². The van der Waals surface area contributed by atoms with Crippen LogP contribution in [-0.4, -0.2) is 37.7 Å². The zero-order chi connectivity index (χ0) is 23.2. The van der Waals surface area contributed by atoms with E-state index in [9.17, 15) is 9.90 Å². The summed E-state index contributed by atoms with van der Waals surface area (Å²) in [5.41, 5.74) is 5.86. The van der Waals surface area contributed by atoms with Gasteiger partial charge in [-0.25, -0.2) is 5.43 Å². The molecule has 7 nitrogen and oxygen atoms in total. The van der Waals surface area contributed by atoms with Crippen molar-refractivity contribution in [2.45, 2.75) is 12.1 Å². The number of carbonyl (C=O) groups is 1. The van der Waals surface area contributed by atoms with E-state index in [1.54, 1.807) is 36.4 Å². The van der Waals surface area contributed by atoms with E-state index >= 15 is 0 Å². The summed E-state index contributed by atoms with van der Waals surface area (Å²) in [6, 6.07) is 22.1. The summed E-state index contributed by atoms with van der Waals surface area (Å²) in [6.07, 6.45) is 1.39. The summed E-state index contributed by atoms with van der Waals surface area (Å²) < 4.78 is 1.89. The maximum Gasteiger partial charge on any atom is 0.250 e. The molecule has 166 valence electrons. The fourth-order valence-corrected chi connectivity index (χ4v) is 3.88. The van der Waals surface area contributed by atoms with Crippen LogP contribution in [0.3, 0.4) is 0 Å². The monoisotopic (exact) mass is 477 g/mol. The topological polar surface area (TPSA) is 92.4 Å². The molecule has 33 heavy (non-hydrogen) atoms. The number of aryl methyl sites for hydroxylation is 1. The number of rotatable bonds is 7. The molecular weight excluding hydrogens is 458 g/mol. The molecule has 4 aromatic rings. The van der Waals surface area contributed by atoms with Crippen LogP contribution in [0.5, 0.6) is 5.75 Å². The van der Waals surface area contributed by atoms with Crippen LogP contribution in [0.2, 0.25) is 5.02 Å². The fourth-order valence-electron chi connectivity index (χ4n) is 3.01. The highest BCUT2D eigenvalue weighted by Crippen LogP contribution is 2.28. The van der Waals surface area contributed by atoms with Gasteiger partial charge in [0.1, 0.15) is 5.75 Å². The third kappa shape index (κ3) is 5.60. The highest BCUT2D eigenvalue weighted by Gasteiger charge is 2.17. The molecule has 1 aromatic heterocycles. The highest BCUT2D eigenvalue weighted by atomic mass is 35.5. The summed E-state index contributed by atoms with van der Waals surface area (Å²) in [7, 11) is 0. The van der Waals surface area contributed by atoms with Crippen molar-refractivity contribution in [1.82, 2.24) is 20.2 Å². The number of amides is 1. The Kier molecular flexibility index (Phi) is 7.07. The first-order valence-corrected chi connectivity index (χ1v) is 11.4. The second-order valence-electron chi connectivity index (χ2n) is 7.12. The van der Waals surface area contributed by atoms with E-state index in [0.29, 0.717) is 21.6 Å². The SMILES string of the molecule is Cc1ccc(-c2nnc(SCC(=O)N/N=C\c3ccccc3O)n2-c2ccc(Cl)cc2)cc1. The van der Waals surface area contributed by atoms with Crippen LogP contribution >= 0.6 is 23.4 Å². The van der Waals surface area contributed by atoms with Crippen LogP contribution in [0.1, 0.15) is 11.1 Å². The molecule has 9 heteroatoms. The number of nitrogens with one attached hydrogen (secondary N) is 1. The zero-order valence-corrected chi connectivity index (χ0v) is 19.2. The lowest BCUT2D eigenvalue weighted by Gasteiger charge is -2.10. The first-order valence-electron chi connectivity index (χ1n) is 10.0. The molecule has 0 saturated carbocycles. The van der Waals surface area contributed by atoms with Crippen molar-refractivity contribution in [2.24, 2.45) is 5.10 Å². The Balaban J connectivity index is 1.52. The quantitative estimate of drug-likeness (QED) is 0.225. The van der Waals surface area contributed by atoms with Gasteiger partial charge >= 0.3 is 0 Å². The number of thioether (sulfide) groups is 1. The van der Waals surface area contributed by atoms with Gasteiger partial charge in [0.05, 0.1) is 12.0 Å². The van der Waals surface area contributed by atoms with E-state index in [-0.39, 0.29) is 17.4 Å². The number of nitrogens with zero attached hydrogens (tertiary/aromatic N) is 4. The Morgan fingerprint density at radius 3 is 2.55 bits per heavy atom. The number of carbonyl (C=O) groups excluding carboxylic acids is 1. The predicted octanol–water partition coefficient (Wildman–Crippen LogP) is 4.84. The standard InChI is InChI=1S/C24H20ClN5O2S/c1-16-6-8-17(9-7-16)23-28-29-24(30(23)20-12-10-19(25)11-13-20)33-15-22(32)27-26-14-18-4-2-3-5-21(18)31/h2-14,31H,15H2,1H3,(H,27,32)/b26-14-. The second-order valence-corrected chi connectivity index (χ2v) is 8.50. The van der Waals surface area contributed by atoms with Gasteiger partial charge in [0, 0.05) is 21.8 Å². The van der Waals surface area contributed by atoms with Gasteiger partial charge in [-0.3, -0.25) is 9.36 Å². The van der Waals surface area contributed by atoms with Crippen molar-refractivity contribution in [3.05, 3.63) is 88.9 Å². The maximum atomic E-state index is 12.3. The number of aromatic nitrogens is 3. The number of para-hydroxylation sites is 1. The first kappa shape index (κ1) is 22.6. The average Bonchev–Trinajstić information content (AvgIpc) is 3.24. The lowest BCUT2D eigenvalue weighted by atomic mass is 10.1. The minimum atomic E-state index is -0.311. The summed E-state index contributed by atoms with van der Waals surface area (Å²) in [5, 5.41) is 23.5. The van der Waals surface area contributed by atoms with Gasteiger partial charge in [-0.05, 0) is 43.3 Å². The van der Waals surface area contributed by atoms with Crippen molar-refractivity contribution in [2.75, 3.05) is 5.75 Å². The second kappa shape index (κ2) is 10.3. The number of hydrogen-bond acceptors (Lipinski definition) is 6. The molecule has 0 fully saturated rings. The molecule has 0 aliphatic heterocycles. The Labute approximate surface area is 200 Å². The number of hydrogen-bond donors (Lipinski definition) is 2. The molecule has 0 unspecified atom stereocenters. The molecule has 0 aliphatic carbocycles. The maximum absolute atomic E-state index is 12.3. The number of phenolic OH excluding ortho intramolecular Hbond substituents is 1. The first-order chi connectivity index (χ1) is 16.0. The lowest BCUT2D eigenvalue weighted by molar-refractivity contribution is -0.118. The van der Waals surface area contributed by atoms with Gasteiger partial charge in [-0.2, -0.15) is 5.10 Å². The van der Waals surface area contributed by atoms with Crippen molar-refractivity contribution >= 4 is 35.5 Å². The predicted molar refractivity (Wildman–Crippen MR) is 131 cm³/mol. The molecule has 0 radical (unpaired) electrons. The zero-order valence-electron chi connectivity index (χ0n) is 17.6. The van der Waals surface area contributed by atoms with Crippen molar-refractivity contribution in [3.63, 3.8) is 0 Å². The summed E-state index contributed by atoms with van der Waals surface area (Å²) >= 11 is 7.31. The lowest BCUT2D eigenvalue weighted by Crippen LogP contribution is -2.20. The normalized spacial score (nSPS) is 11.1. The Morgan fingerprint density at radius 2 is 1.82 bits per heavy atom. The third-order valence-corrected chi connectivity index (χ3v) is 5.87. The van der Waals surface area contributed by atoms with Gasteiger partial charge in [0.25, 0.3) is 5.91 Å². The molecule has 0 aliphatic rings. The van der Waals surface area contributed by atoms with Crippen LogP contribution in [0.4, 0.5) is 0 Å². The number of hydrazone groups is 1. The molecule has 3 aromatic carbocycles. The van der Waals surface area contributed by atoms with Crippen molar-refractivity contribution < 1.29 is 9.90 Å². The number of benzene rings is 3. The molecule has 4 rings (SSSR count). The third-order valence-electron chi connectivity index (χ3n) is 4.69. The Bertz CT molecular complexity index is 1290. The Morgan fingerprint density at radius 1 is 1.09 bits per heavy atom. The van der Waals surface area contributed by atoms with E-state index in [2.05, 4.69) is 20.7 Å². The van der Waals surface area contributed by atoms with Crippen LogP contribution in [0.25, 0.3) is 17.1 Å². The van der Waals surface area contributed by atoms with E-state index < -0.39 is 0 Å². The smallest absolute Gasteiger partial charge is 0.250 e. The molecule has 0 saturated heterocycles. The number of halogens is 1. The summed E-state index contributed by atoms with van der Waals surface area (Å²) in [4.78, 5) is 12.3. The van der Waals surface area contributed by atoms with E-state index in [1.807, 2.05) is 47.9 Å².